The fourth-order valence-corrected chi connectivity index (χ4v) is 3.83. The first-order chi connectivity index (χ1) is 17.4. The zero-order chi connectivity index (χ0) is 25.5. The molecule has 0 saturated heterocycles. The van der Waals surface area contributed by atoms with Crippen molar-refractivity contribution in [3.05, 3.63) is 137 Å². The number of benzene rings is 4. The summed E-state index contributed by atoms with van der Waals surface area (Å²) in [4.78, 5) is 27.8. The van der Waals surface area contributed by atoms with Gasteiger partial charge in [0.15, 0.2) is 0 Å². The number of hydrogen-bond acceptors (Lipinski definition) is 3. The van der Waals surface area contributed by atoms with Gasteiger partial charge in [0.1, 0.15) is 11.6 Å². The monoisotopic (exact) mass is 485 g/mol. The van der Waals surface area contributed by atoms with Crippen molar-refractivity contribution >= 4 is 17.5 Å². The zero-order valence-corrected chi connectivity index (χ0v) is 19.5. The Morgan fingerprint density at radius 2 is 1.33 bits per heavy atom. The molecule has 7 heteroatoms. The Morgan fingerprint density at radius 1 is 0.722 bits per heavy atom. The van der Waals surface area contributed by atoms with Crippen molar-refractivity contribution < 1.29 is 18.4 Å². The molecule has 4 aromatic carbocycles. The topological polar surface area (TPSA) is 75.4 Å². The molecule has 0 fully saturated rings. The van der Waals surface area contributed by atoms with Gasteiger partial charge in [-0.3, -0.25) is 9.59 Å². The molecule has 0 aliphatic rings. The molecular formula is C29H25F2N3O2. The van der Waals surface area contributed by atoms with Crippen LogP contribution in [0.3, 0.4) is 0 Å². The lowest BCUT2D eigenvalue weighted by atomic mass is 10.1. The third-order valence-electron chi connectivity index (χ3n) is 5.71. The second-order valence-corrected chi connectivity index (χ2v) is 8.31. The molecule has 182 valence electrons. The van der Waals surface area contributed by atoms with Gasteiger partial charge in [-0.05, 0) is 71.3 Å². The summed E-state index contributed by atoms with van der Waals surface area (Å²) in [5.41, 5.74) is 9.50. The van der Waals surface area contributed by atoms with Gasteiger partial charge in [0.25, 0.3) is 11.8 Å². The molecule has 0 atom stereocenters. The summed E-state index contributed by atoms with van der Waals surface area (Å²) in [6, 6.07) is 25.4. The van der Waals surface area contributed by atoms with Gasteiger partial charge in [0.05, 0.1) is 0 Å². The molecule has 0 spiro atoms. The van der Waals surface area contributed by atoms with E-state index in [-0.39, 0.29) is 19.0 Å². The van der Waals surface area contributed by atoms with Crippen LogP contribution in [0, 0.1) is 11.6 Å². The second-order valence-electron chi connectivity index (χ2n) is 8.31. The molecule has 5 nitrogen and oxygen atoms in total. The Morgan fingerprint density at radius 3 is 2.00 bits per heavy atom. The van der Waals surface area contributed by atoms with Gasteiger partial charge in [-0.1, -0.05) is 42.5 Å². The molecule has 4 aromatic rings. The Labute approximate surface area is 208 Å². The summed E-state index contributed by atoms with van der Waals surface area (Å²) in [6.07, 6.45) is 0. The first-order valence-electron chi connectivity index (χ1n) is 11.4. The Kier molecular flexibility index (Phi) is 7.82. The van der Waals surface area contributed by atoms with Crippen LogP contribution in [-0.4, -0.2) is 16.7 Å². The van der Waals surface area contributed by atoms with Crippen LogP contribution < -0.4 is 11.1 Å². The van der Waals surface area contributed by atoms with Crippen LogP contribution in [0.15, 0.2) is 97.1 Å². The lowest BCUT2D eigenvalue weighted by Crippen LogP contribution is -2.30. The van der Waals surface area contributed by atoms with Crippen LogP contribution in [-0.2, 0) is 19.6 Å². The molecule has 0 saturated carbocycles. The molecule has 2 amide bonds. The van der Waals surface area contributed by atoms with Gasteiger partial charge in [0.2, 0.25) is 0 Å². The number of carbonyl (C=O) groups is 2. The molecule has 0 bridgehead atoms. The molecule has 0 unspecified atom stereocenters. The molecule has 3 N–H and O–H groups in total. The first-order valence-corrected chi connectivity index (χ1v) is 11.4. The number of nitrogens with zero attached hydrogens (tertiary/aromatic N) is 1. The molecule has 0 heterocycles. The summed E-state index contributed by atoms with van der Waals surface area (Å²) in [5, 5.41) is 2.85. The van der Waals surface area contributed by atoms with E-state index in [1.165, 1.54) is 48.5 Å². The molecule has 4 rings (SSSR count). The van der Waals surface area contributed by atoms with Crippen LogP contribution in [0.5, 0.6) is 0 Å². The van der Waals surface area contributed by atoms with Gasteiger partial charge >= 0.3 is 0 Å². The van der Waals surface area contributed by atoms with Gasteiger partial charge in [-0.2, -0.15) is 0 Å². The number of nitrogens with one attached hydrogen (secondary N) is 1. The maximum absolute atomic E-state index is 13.5. The number of amides is 2. The summed E-state index contributed by atoms with van der Waals surface area (Å²) >= 11 is 0. The maximum atomic E-state index is 13.5. The predicted octanol–water partition coefficient (Wildman–Crippen LogP) is 5.52. The van der Waals surface area contributed by atoms with Crippen LogP contribution >= 0.6 is 0 Å². The van der Waals surface area contributed by atoms with E-state index in [9.17, 15) is 18.4 Å². The number of anilines is 1. The van der Waals surface area contributed by atoms with E-state index in [4.69, 9.17) is 5.73 Å². The molecule has 0 aromatic heterocycles. The zero-order valence-electron chi connectivity index (χ0n) is 19.5. The molecule has 36 heavy (non-hydrogen) atoms. The van der Waals surface area contributed by atoms with Crippen molar-refractivity contribution in [2.24, 2.45) is 5.73 Å². The van der Waals surface area contributed by atoms with Crippen molar-refractivity contribution in [2.45, 2.75) is 19.6 Å². The SMILES string of the molecule is NCc1cccc(CN(Cc2ccccc2NC(=O)c2ccc(F)cc2)C(=O)c2ccc(F)cc2)c1. The average molecular weight is 486 g/mol. The summed E-state index contributed by atoms with van der Waals surface area (Å²) in [5.74, 6) is -1.54. The standard InChI is InChI=1S/C29H25F2N3O2/c30-25-12-8-22(9-13-25)28(35)33-27-7-2-1-6-24(27)19-34(18-21-5-3-4-20(16-21)17-32)29(36)23-10-14-26(31)15-11-23/h1-16H,17-19,32H2,(H,33,35). The van der Waals surface area contributed by atoms with Crippen molar-refractivity contribution in [3.8, 4) is 0 Å². The predicted molar refractivity (Wildman–Crippen MR) is 135 cm³/mol. The van der Waals surface area contributed by atoms with Crippen molar-refractivity contribution in [1.29, 1.82) is 0 Å². The van der Waals surface area contributed by atoms with Crippen molar-refractivity contribution in [2.75, 3.05) is 5.32 Å². The first kappa shape index (κ1) is 24.8. The average Bonchev–Trinajstić information content (AvgIpc) is 2.90. The highest BCUT2D eigenvalue weighted by atomic mass is 19.1. The van der Waals surface area contributed by atoms with Gasteiger partial charge in [-0.15, -0.1) is 0 Å². The number of para-hydroxylation sites is 1. The molecular weight excluding hydrogens is 460 g/mol. The normalized spacial score (nSPS) is 10.6. The van der Waals surface area contributed by atoms with Gasteiger partial charge in [0, 0.05) is 36.4 Å². The van der Waals surface area contributed by atoms with Crippen LogP contribution in [0.4, 0.5) is 14.5 Å². The number of halogens is 2. The highest BCUT2D eigenvalue weighted by Crippen LogP contribution is 2.22. The van der Waals surface area contributed by atoms with E-state index >= 15 is 0 Å². The Bertz CT molecular complexity index is 1360. The van der Waals surface area contributed by atoms with Crippen molar-refractivity contribution in [1.82, 2.24) is 4.90 Å². The van der Waals surface area contributed by atoms with Crippen molar-refractivity contribution in [3.63, 3.8) is 0 Å². The van der Waals surface area contributed by atoms with E-state index < -0.39 is 17.5 Å². The fraction of sp³-hybridized carbons (Fsp3) is 0.103. The minimum Gasteiger partial charge on any atom is -0.330 e. The summed E-state index contributed by atoms with van der Waals surface area (Å²) < 4.78 is 26.7. The molecule has 0 radical (unpaired) electrons. The summed E-state index contributed by atoms with van der Waals surface area (Å²) in [7, 11) is 0. The quantitative estimate of drug-likeness (QED) is 0.345. The molecule has 0 aliphatic heterocycles. The third kappa shape index (κ3) is 6.20. The van der Waals surface area contributed by atoms with Gasteiger partial charge in [-0.25, -0.2) is 8.78 Å². The lowest BCUT2D eigenvalue weighted by Gasteiger charge is -2.25. The maximum Gasteiger partial charge on any atom is 0.255 e. The highest BCUT2D eigenvalue weighted by Gasteiger charge is 2.19. The van der Waals surface area contributed by atoms with E-state index in [1.807, 2.05) is 36.4 Å². The lowest BCUT2D eigenvalue weighted by molar-refractivity contribution is 0.0730. The van der Waals surface area contributed by atoms with E-state index in [2.05, 4.69) is 5.32 Å². The Balaban J connectivity index is 1.62. The third-order valence-corrected chi connectivity index (χ3v) is 5.71. The van der Waals surface area contributed by atoms with E-state index in [0.717, 1.165) is 11.1 Å². The number of hydrogen-bond donors (Lipinski definition) is 2. The van der Waals surface area contributed by atoms with Gasteiger partial charge < -0.3 is 16.0 Å². The summed E-state index contributed by atoms with van der Waals surface area (Å²) in [6.45, 7) is 0.839. The van der Waals surface area contributed by atoms with Crippen LogP contribution in [0.1, 0.15) is 37.4 Å². The Hall–Kier alpha value is -4.36. The van der Waals surface area contributed by atoms with Crippen LogP contribution in [0.2, 0.25) is 0 Å². The second kappa shape index (κ2) is 11.4. The number of carbonyl (C=O) groups excluding carboxylic acids is 2. The minimum atomic E-state index is -0.430. The van der Waals surface area contributed by atoms with E-state index in [1.54, 1.807) is 17.0 Å². The number of nitrogens with two attached hydrogens (primary N) is 1. The fourth-order valence-electron chi connectivity index (χ4n) is 3.83. The minimum absolute atomic E-state index is 0.183. The van der Waals surface area contributed by atoms with E-state index in [0.29, 0.717) is 28.9 Å². The van der Waals surface area contributed by atoms with Crippen LogP contribution in [0.25, 0.3) is 0 Å². The highest BCUT2D eigenvalue weighted by molar-refractivity contribution is 6.04. The molecule has 0 aliphatic carbocycles. The number of rotatable bonds is 8. The smallest absolute Gasteiger partial charge is 0.255 e. The largest absolute Gasteiger partial charge is 0.330 e.